The number of methoxy groups -OCH3 is 1. The monoisotopic (exact) mass is 392 g/mol. The van der Waals surface area contributed by atoms with E-state index in [-0.39, 0.29) is 30.2 Å². The van der Waals surface area contributed by atoms with Gasteiger partial charge in [0.25, 0.3) is 0 Å². The molecule has 1 aromatic heterocycles. The second kappa shape index (κ2) is 6.18. The minimum Gasteiger partial charge on any atom is -0.385 e. The van der Waals surface area contributed by atoms with Crippen LogP contribution in [0.25, 0.3) is 4.85 Å². The number of aryl methyl sites for hydroxylation is 1. The third kappa shape index (κ3) is 2.41. The fourth-order valence-corrected chi connectivity index (χ4v) is 4.53. The second-order valence-electron chi connectivity index (χ2n) is 7.17. The van der Waals surface area contributed by atoms with E-state index in [1.165, 1.54) is 5.69 Å². The van der Waals surface area contributed by atoms with E-state index in [4.69, 9.17) is 46.0 Å². The largest absolute Gasteiger partial charge is 0.385 e. The molecule has 0 N–H and O–H groups in total. The van der Waals surface area contributed by atoms with E-state index < -0.39 is 0 Å². The summed E-state index contributed by atoms with van der Waals surface area (Å²) in [4.78, 5) is 20.8. The Bertz CT molecular complexity index is 785. The summed E-state index contributed by atoms with van der Waals surface area (Å²) >= 11 is 0. The van der Waals surface area contributed by atoms with E-state index in [0.29, 0.717) is 0 Å². The highest BCUT2D eigenvalue weighted by atomic mass is 16.5. The summed E-state index contributed by atoms with van der Waals surface area (Å²) in [5, 5.41) is 0. The normalized spacial score (nSPS) is 32.1. The van der Waals surface area contributed by atoms with Gasteiger partial charge in [0.2, 0.25) is 5.70 Å². The molecule has 5 nitrogen and oxygen atoms in total. The molecule has 0 bridgehead atoms. The molecule has 0 fully saturated rings. The van der Waals surface area contributed by atoms with Crippen molar-refractivity contribution in [3.8, 4) is 0 Å². The molecule has 0 aliphatic heterocycles. The number of aromatic nitrogens is 2. The number of carbonyl (C=O) groups excluding carboxylic acids is 1. The number of nitrogens with zero attached hydrogens (tertiary/aromatic N) is 3. The van der Waals surface area contributed by atoms with Gasteiger partial charge in [-0.2, -0.15) is 0 Å². The van der Waals surface area contributed by atoms with Crippen molar-refractivity contribution in [3.63, 3.8) is 0 Å². The Morgan fingerprint density at radius 3 is 3.04 bits per heavy atom. The first-order chi connectivity index (χ1) is 21.4. The maximum absolute atomic E-state index is 12.4. The van der Waals surface area contributed by atoms with Crippen LogP contribution in [0.4, 0.5) is 0 Å². The van der Waals surface area contributed by atoms with Gasteiger partial charge in [0.1, 0.15) is 5.82 Å². The predicted molar refractivity (Wildman–Crippen MR) is 115 cm³/mol. The van der Waals surface area contributed by atoms with Crippen molar-refractivity contribution in [2.45, 2.75) is 52.0 Å². The van der Waals surface area contributed by atoms with Crippen molar-refractivity contribution in [3.05, 3.63) is 40.4 Å². The zero-order chi connectivity index (χ0) is 37.5. The van der Waals surface area contributed by atoms with E-state index in [1.807, 2.05) is 19.9 Å². The van der Waals surface area contributed by atoms with Crippen molar-refractivity contribution >= 4 is 5.78 Å². The molecule has 1 aromatic rings. The van der Waals surface area contributed by atoms with Crippen LogP contribution < -0.4 is 0 Å². The number of ether oxygens (including phenoxy) is 1. The Labute approximate surface area is 175 Å². The Morgan fingerprint density at radius 2 is 2.38 bits per heavy atom. The molecule has 3 rings (SSSR count). The third-order valence-electron chi connectivity index (χ3n) is 5.79. The van der Waals surface area contributed by atoms with Crippen LogP contribution >= 0.6 is 0 Å². The van der Waals surface area contributed by atoms with Crippen molar-refractivity contribution in [2.75, 3.05) is 13.7 Å². The predicted octanol–water partition coefficient (Wildman–Crippen LogP) is 5.78. The van der Waals surface area contributed by atoms with Gasteiger partial charge in [-0.05, 0) is 32.1 Å². The summed E-state index contributed by atoms with van der Waals surface area (Å²) in [6.07, 6.45) is 4.76. The lowest BCUT2D eigenvalue weighted by molar-refractivity contribution is -0.121. The topological polar surface area (TPSA) is 48.5 Å². The van der Waals surface area contributed by atoms with Crippen LogP contribution in [0, 0.1) is 25.3 Å². The molecule has 5 heteroatoms. The van der Waals surface area contributed by atoms with Gasteiger partial charge in [-0.3, -0.25) is 0 Å². The molecule has 0 saturated heterocycles. The minimum atomic E-state index is -0.321. The van der Waals surface area contributed by atoms with Crippen LogP contribution in [0.3, 0.4) is 0 Å². The third-order valence-corrected chi connectivity index (χ3v) is 5.79. The first kappa shape index (κ1) is 8.44. The first-order valence-electron chi connectivity index (χ1n) is 18.6. The number of rotatable bonds is 4. The molecule has 3 atom stereocenters. The number of Topliss-reactive ketones (excluding diaryl/α,β-unsaturated/α-hetero) is 1. The van der Waals surface area contributed by atoms with Crippen LogP contribution in [-0.2, 0) is 27.9 Å². The van der Waals surface area contributed by atoms with Crippen LogP contribution in [0.1, 0.15) is 75.0 Å². The average molecular weight is 392 g/mol. The van der Waals surface area contributed by atoms with Gasteiger partial charge >= 0.3 is 0 Å². The molecule has 0 spiro atoms. The first-order valence-corrected chi connectivity index (χ1v) is 8.64. The van der Waals surface area contributed by atoms with Crippen LogP contribution in [0.15, 0.2) is 11.8 Å². The Balaban J connectivity index is -0.0000000756. The maximum Gasteiger partial charge on any atom is 0.226 e. The molecule has 0 aromatic carbocycles. The van der Waals surface area contributed by atoms with Gasteiger partial charge in [-0.25, -0.2) is 9.83 Å². The summed E-state index contributed by atoms with van der Waals surface area (Å²) in [6, 6.07) is 0. The van der Waals surface area contributed by atoms with Crippen molar-refractivity contribution in [2.24, 2.45) is 11.8 Å². The molecule has 0 amide bonds. The molecule has 2 aliphatic rings. The van der Waals surface area contributed by atoms with Gasteiger partial charge in [0, 0.05) is 68.4 Å². The number of carbonyl (C=O) groups is 1. The van der Waals surface area contributed by atoms with Gasteiger partial charge in [0.05, 0.1) is 12.3 Å². The summed E-state index contributed by atoms with van der Waals surface area (Å²) < 4.78 is 107. The molecular formula is C19H47N3O2. The van der Waals surface area contributed by atoms with Crippen molar-refractivity contribution in [1.82, 2.24) is 9.55 Å². The highest BCUT2D eigenvalue weighted by Crippen LogP contribution is 2.49. The number of imidazole rings is 1. The fourth-order valence-electron chi connectivity index (χ4n) is 4.53. The quantitative estimate of drug-likeness (QED) is 0.483. The highest BCUT2D eigenvalue weighted by Gasteiger charge is 2.49. The molecule has 150 valence electrons. The Kier molecular flexibility index (Phi) is 2.17. The summed E-state index contributed by atoms with van der Waals surface area (Å²) in [5.41, 5.74) is 2.29. The lowest BCUT2D eigenvalue weighted by Gasteiger charge is -2.44. The maximum atomic E-state index is 12.4. The highest BCUT2D eigenvalue weighted by molar-refractivity contribution is 6.00. The molecular weight excluding hydrogens is 302 g/mol. The number of fused-ring (bicyclic) bond motifs is 3. The van der Waals surface area contributed by atoms with Crippen LogP contribution in [0.2, 0.25) is 0 Å². The number of hydrogen-bond acceptors (Lipinski definition) is 3. The van der Waals surface area contributed by atoms with E-state index in [9.17, 15) is 4.79 Å². The summed E-state index contributed by atoms with van der Waals surface area (Å²) in [7, 11) is 1.72. The summed E-state index contributed by atoms with van der Waals surface area (Å²) in [6.45, 7) is 15.1. The van der Waals surface area contributed by atoms with E-state index in [1.54, 1.807) is 7.11 Å². The average Bonchev–Trinajstić information content (AvgIpc) is 3.47. The lowest BCUT2D eigenvalue weighted by atomic mass is 9.59. The Hall–Kier alpha value is -1.93. The zero-order valence-electron chi connectivity index (χ0n) is 34.9. The fraction of sp³-hybridized carbons (Fsp3) is 0.632. The number of ketones is 1. The smallest absolute Gasteiger partial charge is 0.226 e. The van der Waals surface area contributed by atoms with Gasteiger partial charge in [-0.15, -0.1) is 0 Å². The molecule has 0 unspecified atom stereocenters. The second-order valence-corrected chi connectivity index (χ2v) is 7.17. The van der Waals surface area contributed by atoms with Gasteiger partial charge in [0.15, 0.2) is 5.78 Å². The Morgan fingerprint density at radius 1 is 1.62 bits per heavy atom. The molecule has 0 saturated carbocycles. The summed E-state index contributed by atoms with van der Waals surface area (Å²) in [5.74, 6) is 1.12. The van der Waals surface area contributed by atoms with E-state index in [0.717, 1.165) is 43.9 Å². The lowest BCUT2D eigenvalue weighted by Crippen LogP contribution is -2.45. The van der Waals surface area contributed by atoms with Crippen molar-refractivity contribution in [1.29, 1.82) is 0 Å². The standard InChI is InChI=1S/C19H25N3O2.11H2/c1-12-14-7-8-16-18(19(14,3)11-15(20-4)17(12)23)21-13(2)22(16)9-6-10-24-5;;;;;;;;;;;/h11-12,14H,6-10H2,1-3,5H3;11*1H/t12-,14-,19-;;;;;;;;;;;/m0.........../s1/i;10*1+2T;1+2. The van der Waals surface area contributed by atoms with Crippen LogP contribution in [-0.4, -0.2) is 29.1 Å². The van der Waals surface area contributed by atoms with E-state index in [2.05, 4.69) is 16.3 Å². The number of allylic oxidation sites excluding steroid dienone is 2. The van der Waals surface area contributed by atoms with Gasteiger partial charge in [-0.1, -0.05) is 19.9 Å². The minimum absolute atomic E-state index is 0. The molecule has 24 heavy (non-hydrogen) atoms. The SMILES string of the molecule is [3HH].[3H][3H].[3H][3H].[3H][3H].[3H][3H].[3H][3H].[3H][3H].[3H][3H].[3H][3H].[3H][3H].[3H][3H].[C-]#[N+]C1=C[C@]2(C)c3nc(C)n(CCCOC)c3CC[C@H]2[C@H](C)C1=O. The molecule has 1 heterocycles. The molecule has 2 aliphatic carbocycles. The van der Waals surface area contributed by atoms with E-state index >= 15 is 0 Å². The van der Waals surface area contributed by atoms with Crippen LogP contribution in [0.5, 0.6) is 0 Å². The van der Waals surface area contributed by atoms with Gasteiger partial charge < -0.3 is 14.1 Å². The molecule has 0 radical (unpaired) electrons. The van der Waals surface area contributed by atoms with Crippen molar-refractivity contribution < 1.29 is 40.7 Å². The number of hydrogen-bond donors (Lipinski definition) is 0. The zero-order valence-corrected chi connectivity index (χ0v) is 14.9.